The zero-order chi connectivity index (χ0) is 17.0. The first-order chi connectivity index (χ1) is 10.9. The Bertz CT molecular complexity index is 593. The number of nitro benzene ring substituents is 1. The Morgan fingerprint density at radius 1 is 1.43 bits per heavy atom. The van der Waals surface area contributed by atoms with Gasteiger partial charge in [0.25, 0.3) is 5.91 Å². The van der Waals surface area contributed by atoms with Crippen molar-refractivity contribution in [1.29, 1.82) is 0 Å². The van der Waals surface area contributed by atoms with Crippen LogP contribution >= 0.6 is 0 Å². The second-order valence-corrected chi connectivity index (χ2v) is 6.10. The minimum atomic E-state index is -0.669. The van der Waals surface area contributed by atoms with Gasteiger partial charge in [0, 0.05) is 18.2 Å². The summed E-state index contributed by atoms with van der Waals surface area (Å²) in [6, 6.07) is 3.00. The van der Waals surface area contributed by atoms with Crippen LogP contribution in [0.25, 0.3) is 0 Å². The number of benzene rings is 1. The fourth-order valence-electron chi connectivity index (χ4n) is 2.93. The highest BCUT2D eigenvalue weighted by molar-refractivity contribution is 5.78. The van der Waals surface area contributed by atoms with Gasteiger partial charge in [-0.1, -0.05) is 26.7 Å². The first-order valence-corrected chi connectivity index (χ1v) is 7.74. The van der Waals surface area contributed by atoms with Crippen LogP contribution in [0.3, 0.4) is 0 Å². The molecule has 23 heavy (non-hydrogen) atoms. The summed E-state index contributed by atoms with van der Waals surface area (Å²) in [7, 11) is 0. The standard InChI is InChI=1S/C16H21FN2O4/c1-10-4-3-5-13(11(10)2)18-16(20)9-23-15-8-12(17)6-7-14(15)19(21)22/h6-8,10-11,13H,3-5,9H2,1-2H3,(H,18,20). The first-order valence-electron chi connectivity index (χ1n) is 7.74. The lowest BCUT2D eigenvalue weighted by molar-refractivity contribution is -0.385. The maximum atomic E-state index is 13.2. The second-order valence-electron chi connectivity index (χ2n) is 6.10. The lowest BCUT2D eigenvalue weighted by Crippen LogP contribution is -2.45. The average Bonchev–Trinajstić information content (AvgIpc) is 2.49. The van der Waals surface area contributed by atoms with Crippen LogP contribution in [0.5, 0.6) is 5.75 Å². The average molecular weight is 324 g/mol. The molecule has 2 rings (SSSR count). The molecule has 1 aromatic carbocycles. The van der Waals surface area contributed by atoms with Crippen molar-refractivity contribution in [3.63, 3.8) is 0 Å². The molecule has 1 amide bonds. The number of carbonyl (C=O) groups is 1. The van der Waals surface area contributed by atoms with Crippen LogP contribution in [0.4, 0.5) is 10.1 Å². The Kier molecular flexibility index (Phi) is 5.52. The number of ether oxygens (including phenoxy) is 1. The molecule has 0 spiro atoms. The molecular weight excluding hydrogens is 303 g/mol. The fraction of sp³-hybridized carbons (Fsp3) is 0.562. The van der Waals surface area contributed by atoms with Gasteiger partial charge in [-0.2, -0.15) is 0 Å². The molecule has 1 saturated carbocycles. The second kappa shape index (κ2) is 7.39. The molecule has 0 aliphatic heterocycles. The quantitative estimate of drug-likeness (QED) is 0.666. The normalized spacial score (nSPS) is 24.0. The molecule has 0 saturated heterocycles. The van der Waals surface area contributed by atoms with E-state index in [1.54, 1.807) is 0 Å². The van der Waals surface area contributed by atoms with E-state index in [-0.39, 0.29) is 30.0 Å². The van der Waals surface area contributed by atoms with Gasteiger partial charge in [-0.25, -0.2) is 4.39 Å². The zero-order valence-electron chi connectivity index (χ0n) is 13.3. The van der Waals surface area contributed by atoms with Gasteiger partial charge in [0.15, 0.2) is 6.61 Å². The number of halogens is 1. The van der Waals surface area contributed by atoms with Crippen LogP contribution in [0.1, 0.15) is 33.1 Å². The lowest BCUT2D eigenvalue weighted by Gasteiger charge is -2.34. The van der Waals surface area contributed by atoms with E-state index in [0.29, 0.717) is 11.8 Å². The van der Waals surface area contributed by atoms with E-state index in [1.165, 1.54) is 0 Å². The minimum Gasteiger partial charge on any atom is -0.477 e. The minimum absolute atomic E-state index is 0.0809. The van der Waals surface area contributed by atoms with Crippen molar-refractivity contribution in [1.82, 2.24) is 5.32 Å². The Labute approximate surface area is 134 Å². The predicted molar refractivity (Wildman–Crippen MR) is 82.7 cm³/mol. The molecule has 0 heterocycles. The molecule has 1 N–H and O–H groups in total. The van der Waals surface area contributed by atoms with Crippen LogP contribution in [-0.2, 0) is 4.79 Å². The van der Waals surface area contributed by atoms with Crippen LogP contribution in [0, 0.1) is 27.8 Å². The summed E-state index contributed by atoms with van der Waals surface area (Å²) < 4.78 is 18.3. The molecule has 126 valence electrons. The highest BCUT2D eigenvalue weighted by atomic mass is 19.1. The van der Waals surface area contributed by atoms with Crippen LogP contribution < -0.4 is 10.1 Å². The van der Waals surface area contributed by atoms with Crippen molar-refractivity contribution >= 4 is 11.6 Å². The van der Waals surface area contributed by atoms with Crippen LogP contribution in [0.15, 0.2) is 18.2 Å². The number of rotatable bonds is 5. The maximum absolute atomic E-state index is 13.2. The van der Waals surface area contributed by atoms with E-state index in [2.05, 4.69) is 19.2 Å². The maximum Gasteiger partial charge on any atom is 0.311 e. The van der Waals surface area contributed by atoms with Crippen LogP contribution in [0.2, 0.25) is 0 Å². The van der Waals surface area contributed by atoms with Gasteiger partial charge in [-0.3, -0.25) is 14.9 Å². The van der Waals surface area contributed by atoms with Gasteiger partial charge in [0.05, 0.1) is 4.92 Å². The highest BCUT2D eigenvalue weighted by Crippen LogP contribution is 2.30. The Morgan fingerprint density at radius 3 is 2.87 bits per heavy atom. The monoisotopic (exact) mass is 324 g/mol. The highest BCUT2D eigenvalue weighted by Gasteiger charge is 2.28. The molecular formula is C16H21FN2O4. The predicted octanol–water partition coefficient (Wildman–Crippen LogP) is 3.05. The summed E-state index contributed by atoms with van der Waals surface area (Å²) in [5, 5.41) is 13.8. The zero-order valence-corrected chi connectivity index (χ0v) is 13.3. The summed E-state index contributed by atoms with van der Waals surface area (Å²) in [5.41, 5.74) is -0.362. The number of nitrogens with one attached hydrogen (secondary N) is 1. The van der Waals surface area contributed by atoms with Gasteiger partial charge in [0.2, 0.25) is 5.75 Å². The van der Waals surface area contributed by atoms with E-state index in [1.807, 2.05) is 0 Å². The third-order valence-electron chi connectivity index (χ3n) is 4.53. The SMILES string of the molecule is CC1CCCC(NC(=O)COc2cc(F)ccc2[N+](=O)[O-])C1C. The van der Waals surface area contributed by atoms with Gasteiger partial charge in [-0.15, -0.1) is 0 Å². The third kappa shape index (κ3) is 4.40. The lowest BCUT2D eigenvalue weighted by atomic mass is 9.78. The first kappa shape index (κ1) is 17.2. The molecule has 0 aromatic heterocycles. The number of hydrogen-bond donors (Lipinski definition) is 1. The van der Waals surface area contributed by atoms with Crippen molar-refractivity contribution in [2.75, 3.05) is 6.61 Å². The largest absolute Gasteiger partial charge is 0.477 e. The molecule has 6 nitrogen and oxygen atoms in total. The summed E-state index contributed by atoms with van der Waals surface area (Å²) >= 11 is 0. The van der Waals surface area contributed by atoms with E-state index >= 15 is 0 Å². The molecule has 0 bridgehead atoms. The van der Waals surface area contributed by atoms with Crippen molar-refractivity contribution in [2.45, 2.75) is 39.2 Å². The molecule has 3 atom stereocenters. The van der Waals surface area contributed by atoms with Crippen molar-refractivity contribution in [2.24, 2.45) is 11.8 Å². The van der Waals surface area contributed by atoms with Gasteiger partial charge in [-0.05, 0) is 24.3 Å². The fourth-order valence-corrected chi connectivity index (χ4v) is 2.93. The molecule has 3 unspecified atom stereocenters. The Balaban J connectivity index is 1.94. The van der Waals surface area contributed by atoms with E-state index in [4.69, 9.17) is 4.74 Å². The van der Waals surface area contributed by atoms with Crippen molar-refractivity contribution < 1.29 is 18.8 Å². The molecule has 0 radical (unpaired) electrons. The molecule has 1 fully saturated rings. The van der Waals surface area contributed by atoms with Gasteiger partial charge < -0.3 is 10.1 Å². The summed E-state index contributed by atoms with van der Waals surface area (Å²) in [6.45, 7) is 3.89. The number of nitro groups is 1. The van der Waals surface area contributed by atoms with Gasteiger partial charge >= 0.3 is 5.69 Å². The summed E-state index contributed by atoms with van der Waals surface area (Å²) in [4.78, 5) is 22.2. The number of amides is 1. The van der Waals surface area contributed by atoms with E-state index in [9.17, 15) is 19.3 Å². The van der Waals surface area contributed by atoms with E-state index < -0.39 is 10.7 Å². The smallest absolute Gasteiger partial charge is 0.311 e. The van der Waals surface area contributed by atoms with Crippen molar-refractivity contribution in [3.8, 4) is 5.75 Å². The van der Waals surface area contributed by atoms with Crippen molar-refractivity contribution in [3.05, 3.63) is 34.1 Å². The molecule has 7 heteroatoms. The molecule has 1 aromatic rings. The number of nitrogens with zero attached hydrogens (tertiary/aromatic N) is 1. The summed E-state index contributed by atoms with van der Waals surface area (Å²) in [5.74, 6) is -0.332. The summed E-state index contributed by atoms with van der Waals surface area (Å²) in [6.07, 6.45) is 3.13. The van der Waals surface area contributed by atoms with E-state index in [0.717, 1.165) is 37.5 Å². The Morgan fingerprint density at radius 2 is 2.17 bits per heavy atom. The van der Waals surface area contributed by atoms with Gasteiger partial charge in [0.1, 0.15) is 5.82 Å². The molecule has 1 aliphatic rings. The molecule has 1 aliphatic carbocycles. The Hall–Kier alpha value is -2.18. The third-order valence-corrected chi connectivity index (χ3v) is 4.53. The van der Waals surface area contributed by atoms with Crippen LogP contribution in [-0.4, -0.2) is 23.5 Å². The number of carbonyl (C=O) groups excluding carboxylic acids is 1. The number of hydrogen-bond acceptors (Lipinski definition) is 4. The topological polar surface area (TPSA) is 81.5 Å².